The number of rotatable bonds is 6. The Morgan fingerprint density at radius 2 is 1.45 bits per heavy atom. The van der Waals surface area contributed by atoms with E-state index in [1.165, 1.54) is 0 Å². The van der Waals surface area contributed by atoms with Crippen molar-refractivity contribution >= 4 is 0 Å². The topological polar surface area (TPSA) is 92.5 Å². The fraction of sp³-hybridized carbons (Fsp3) is 1.00. The fourth-order valence-corrected chi connectivity index (χ4v) is 1.13. The first kappa shape index (κ1) is 10.8. The fourth-order valence-electron chi connectivity index (χ4n) is 1.13. The second-order valence-corrected chi connectivity index (χ2v) is 2.79. The zero-order valence-corrected chi connectivity index (χ0v) is 6.74. The molecule has 0 spiro atoms. The standard InChI is InChI=1S/C7H18N2O2/c8-7(9)5-6(1-3-10)2-4-11/h6-7,10-11H,1-5,8-9H2. The number of aliphatic hydroxyl groups is 2. The van der Waals surface area contributed by atoms with Crippen molar-refractivity contribution in [2.75, 3.05) is 13.2 Å². The predicted molar refractivity (Wildman–Crippen MR) is 43.7 cm³/mol. The largest absolute Gasteiger partial charge is 0.396 e. The lowest BCUT2D eigenvalue weighted by Crippen LogP contribution is -2.33. The number of nitrogens with two attached hydrogens (primary N) is 2. The average Bonchev–Trinajstić information content (AvgIpc) is 1.87. The van der Waals surface area contributed by atoms with Crippen molar-refractivity contribution in [1.29, 1.82) is 0 Å². The highest BCUT2D eigenvalue weighted by atomic mass is 16.3. The van der Waals surface area contributed by atoms with Crippen LogP contribution in [0.25, 0.3) is 0 Å². The zero-order valence-electron chi connectivity index (χ0n) is 6.74. The highest BCUT2D eigenvalue weighted by Gasteiger charge is 2.09. The first-order valence-electron chi connectivity index (χ1n) is 3.93. The van der Waals surface area contributed by atoms with E-state index in [0.717, 1.165) is 0 Å². The van der Waals surface area contributed by atoms with Gasteiger partial charge in [0.05, 0.1) is 6.17 Å². The SMILES string of the molecule is NC(N)CC(CCO)CCO. The molecule has 0 atom stereocenters. The Kier molecular flexibility index (Phi) is 6.45. The van der Waals surface area contributed by atoms with Crippen LogP contribution in [-0.2, 0) is 0 Å². The summed E-state index contributed by atoms with van der Waals surface area (Å²) in [6.45, 7) is 0.273. The van der Waals surface area contributed by atoms with Crippen LogP contribution in [-0.4, -0.2) is 29.6 Å². The van der Waals surface area contributed by atoms with Gasteiger partial charge in [-0.2, -0.15) is 0 Å². The molecule has 68 valence electrons. The van der Waals surface area contributed by atoms with Crippen LogP contribution in [0.1, 0.15) is 19.3 Å². The summed E-state index contributed by atoms with van der Waals surface area (Å²) in [6, 6.07) is 0. The van der Waals surface area contributed by atoms with Gasteiger partial charge >= 0.3 is 0 Å². The molecule has 0 saturated heterocycles. The first-order valence-corrected chi connectivity index (χ1v) is 3.93. The van der Waals surface area contributed by atoms with Gasteiger partial charge in [-0.15, -0.1) is 0 Å². The summed E-state index contributed by atoms with van der Waals surface area (Å²) >= 11 is 0. The normalized spacial score (nSPS) is 11.5. The van der Waals surface area contributed by atoms with Gasteiger partial charge < -0.3 is 21.7 Å². The van der Waals surface area contributed by atoms with Crippen molar-refractivity contribution in [3.63, 3.8) is 0 Å². The third-order valence-corrected chi connectivity index (χ3v) is 1.68. The molecular formula is C7H18N2O2. The van der Waals surface area contributed by atoms with E-state index in [-0.39, 0.29) is 25.3 Å². The molecule has 0 saturated carbocycles. The smallest absolute Gasteiger partial charge is 0.0523 e. The molecule has 6 N–H and O–H groups in total. The second kappa shape index (κ2) is 6.54. The van der Waals surface area contributed by atoms with E-state index < -0.39 is 0 Å². The molecule has 0 aliphatic rings. The molecule has 4 nitrogen and oxygen atoms in total. The Morgan fingerprint density at radius 1 is 1.00 bits per heavy atom. The summed E-state index contributed by atoms with van der Waals surface area (Å²) in [6.07, 6.45) is 1.68. The van der Waals surface area contributed by atoms with Gasteiger partial charge in [-0.3, -0.25) is 0 Å². The average molecular weight is 162 g/mol. The van der Waals surface area contributed by atoms with Crippen molar-refractivity contribution in [3.05, 3.63) is 0 Å². The Morgan fingerprint density at radius 3 is 1.73 bits per heavy atom. The minimum atomic E-state index is -0.335. The Labute approximate surface area is 67.2 Å². The van der Waals surface area contributed by atoms with Crippen molar-refractivity contribution in [3.8, 4) is 0 Å². The van der Waals surface area contributed by atoms with Crippen LogP contribution >= 0.6 is 0 Å². The maximum atomic E-state index is 8.61. The molecule has 0 bridgehead atoms. The zero-order chi connectivity index (χ0) is 8.69. The third kappa shape index (κ3) is 6.25. The lowest BCUT2D eigenvalue weighted by molar-refractivity contribution is 0.205. The number of aliphatic hydroxyl groups excluding tert-OH is 2. The molecule has 0 amide bonds. The molecule has 0 fully saturated rings. The van der Waals surface area contributed by atoms with Crippen molar-refractivity contribution < 1.29 is 10.2 Å². The van der Waals surface area contributed by atoms with Gasteiger partial charge in [0.1, 0.15) is 0 Å². The van der Waals surface area contributed by atoms with Gasteiger partial charge in [0.15, 0.2) is 0 Å². The Bertz CT molecular complexity index is 82.5. The summed E-state index contributed by atoms with van der Waals surface area (Å²) in [4.78, 5) is 0. The summed E-state index contributed by atoms with van der Waals surface area (Å²) in [5.74, 6) is 0.255. The van der Waals surface area contributed by atoms with Crippen molar-refractivity contribution in [1.82, 2.24) is 0 Å². The monoisotopic (exact) mass is 162 g/mol. The second-order valence-electron chi connectivity index (χ2n) is 2.79. The molecule has 0 aliphatic heterocycles. The molecule has 0 aliphatic carbocycles. The van der Waals surface area contributed by atoms with Gasteiger partial charge in [-0.05, 0) is 25.2 Å². The lowest BCUT2D eigenvalue weighted by Gasteiger charge is -2.16. The van der Waals surface area contributed by atoms with E-state index in [9.17, 15) is 0 Å². The molecule has 4 heteroatoms. The van der Waals surface area contributed by atoms with E-state index in [0.29, 0.717) is 19.3 Å². The van der Waals surface area contributed by atoms with Crippen LogP contribution in [0.15, 0.2) is 0 Å². The first-order chi connectivity index (χ1) is 5.20. The lowest BCUT2D eigenvalue weighted by atomic mass is 9.97. The Hall–Kier alpha value is -0.160. The highest BCUT2D eigenvalue weighted by Crippen LogP contribution is 2.12. The van der Waals surface area contributed by atoms with Gasteiger partial charge in [-0.25, -0.2) is 0 Å². The van der Waals surface area contributed by atoms with Gasteiger partial charge in [0.25, 0.3) is 0 Å². The molecule has 0 aromatic heterocycles. The molecule has 0 unspecified atom stereocenters. The minimum absolute atomic E-state index is 0.136. The summed E-state index contributed by atoms with van der Waals surface area (Å²) < 4.78 is 0. The van der Waals surface area contributed by atoms with E-state index in [1.807, 2.05) is 0 Å². The molecule has 0 radical (unpaired) electrons. The number of hydrogen-bond acceptors (Lipinski definition) is 4. The van der Waals surface area contributed by atoms with Crippen molar-refractivity contribution in [2.24, 2.45) is 17.4 Å². The van der Waals surface area contributed by atoms with Crippen LogP contribution in [0.5, 0.6) is 0 Å². The van der Waals surface area contributed by atoms with Crippen molar-refractivity contribution in [2.45, 2.75) is 25.4 Å². The number of hydrogen-bond donors (Lipinski definition) is 4. The Balaban J connectivity index is 3.50. The maximum Gasteiger partial charge on any atom is 0.0523 e. The third-order valence-electron chi connectivity index (χ3n) is 1.68. The molecule has 0 heterocycles. The van der Waals surface area contributed by atoms with E-state index in [4.69, 9.17) is 21.7 Å². The minimum Gasteiger partial charge on any atom is -0.396 e. The van der Waals surface area contributed by atoms with Crippen LogP contribution < -0.4 is 11.5 Å². The molecule has 0 aromatic carbocycles. The van der Waals surface area contributed by atoms with Crippen LogP contribution in [0.4, 0.5) is 0 Å². The molecule has 11 heavy (non-hydrogen) atoms. The van der Waals surface area contributed by atoms with Crippen LogP contribution in [0, 0.1) is 5.92 Å². The van der Waals surface area contributed by atoms with E-state index in [1.54, 1.807) is 0 Å². The quantitative estimate of drug-likeness (QED) is 0.377. The van der Waals surface area contributed by atoms with Crippen LogP contribution in [0.2, 0.25) is 0 Å². The predicted octanol–water partition coefficient (Wildman–Crippen LogP) is -0.999. The summed E-state index contributed by atoms with van der Waals surface area (Å²) in [5, 5.41) is 17.2. The highest BCUT2D eigenvalue weighted by molar-refractivity contribution is 4.63. The van der Waals surface area contributed by atoms with Crippen LogP contribution in [0.3, 0.4) is 0 Å². The molecular weight excluding hydrogens is 144 g/mol. The maximum absolute atomic E-state index is 8.61. The van der Waals surface area contributed by atoms with E-state index >= 15 is 0 Å². The van der Waals surface area contributed by atoms with Gasteiger partial charge in [-0.1, -0.05) is 0 Å². The summed E-state index contributed by atoms with van der Waals surface area (Å²) in [7, 11) is 0. The van der Waals surface area contributed by atoms with E-state index in [2.05, 4.69) is 0 Å². The van der Waals surface area contributed by atoms with Gasteiger partial charge in [0.2, 0.25) is 0 Å². The molecule has 0 aromatic rings. The van der Waals surface area contributed by atoms with Gasteiger partial charge in [0, 0.05) is 13.2 Å². The molecule has 0 rings (SSSR count). The summed E-state index contributed by atoms with van der Waals surface area (Å²) in [5.41, 5.74) is 10.7.